The normalized spacial score (nSPS) is 31.0. The van der Waals surface area contributed by atoms with Crippen LogP contribution in [0.1, 0.15) is 12.1 Å². The third-order valence-electron chi connectivity index (χ3n) is 4.57. The van der Waals surface area contributed by atoms with Crippen molar-refractivity contribution in [2.24, 2.45) is 0 Å². The van der Waals surface area contributed by atoms with Crippen LogP contribution in [0.4, 0.5) is 0 Å². The maximum atomic E-state index is 12.8. The number of imidazole rings is 1. The number of nitrogens with zero attached hydrogens (tertiary/aromatic N) is 3. The number of carbonyl (C=O) groups excluding carboxylic acids is 2. The van der Waals surface area contributed by atoms with E-state index in [1.54, 1.807) is 6.92 Å². The fraction of sp³-hybridized carbons (Fsp3) is 0.533. The van der Waals surface area contributed by atoms with Gasteiger partial charge in [0, 0.05) is 0 Å². The molecule has 12 nitrogen and oxygen atoms in total. The molecule has 2 fully saturated rings. The number of H-pyrrole nitrogens is 1. The number of hydrogen-bond acceptors (Lipinski definition) is 11. The molecule has 0 aromatic carbocycles. The second kappa shape index (κ2) is 8.26. The third-order valence-corrected chi connectivity index (χ3v) is 8.66. The quantitative estimate of drug-likeness (QED) is 0.308. The summed E-state index contributed by atoms with van der Waals surface area (Å²) < 4.78 is 30.8. The van der Waals surface area contributed by atoms with Crippen LogP contribution in [0, 0.1) is 6.92 Å². The number of ether oxygens (including phenoxy) is 1. The van der Waals surface area contributed by atoms with Crippen molar-refractivity contribution in [2.75, 3.05) is 17.7 Å². The van der Waals surface area contributed by atoms with Crippen LogP contribution in [-0.2, 0) is 27.9 Å². The van der Waals surface area contributed by atoms with Crippen molar-refractivity contribution in [1.29, 1.82) is 0 Å². The van der Waals surface area contributed by atoms with E-state index in [1.165, 1.54) is 10.9 Å². The minimum atomic E-state index is -3.80. The van der Waals surface area contributed by atoms with Gasteiger partial charge in [0.2, 0.25) is 11.6 Å². The Kier molecular flexibility index (Phi) is 6.01. The molecule has 5 atom stereocenters. The van der Waals surface area contributed by atoms with E-state index < -0.39 is 48.5 Å². The highest BCUT2D eigenvalue weighted by Crippen LogP contribution is 2.65. The number of ketones is 2. The van der Waals surface area contributed by atoms with Crippen LogP contribution < -0.4 is 5.56 Å². The predicted octanol–water partition coefficient (Wildman–Crippen LogP) is 0.476. The van der Waals surface area contributed by atoms with Gasteiger partial charge in [-0.3, -0.25) is 28.0 Å². The number of aliphatic hydroxyl groups excluding tert-OH is 1. The number of aliphatic hydroxyl groups is 1. The number of aryl methyl sites for hydroxylation is 1. The van der Waals surface area contributed by atoms with E-state index in [4.69, 9.17) is 13.8 Å². The third kappa shape index (κ3) is 3.93. The van der Waals surface area contributed by atoms with Crippen molar-refractivity contribution in [1.82, 2.24) is 19.5 Å². The first-order valence-corrected chi connectivity index (χ1v) is 12.9. The number of aromatic amines is 1. The average Bonchev–Trinajstić information content (AvgIpc) is 3.26. The lowest BCUT2D eigenvalue weighted by Gasteiger charge is -2.30. The fourth-order valence-corrected chi connectivity index (χ4v) is 6.69. The molecule has 0 spiro atoms. The Labute approximate surface area is 181 Å². The number of hydrogen-bond donors (Lipinski definition) is 2. The Morgan fingerprint density at radius 1 is 1.47 bits per heavy atom. The lowest BCUT2D eigenvalue weighted by Crippen LogP contribution is -2.39. The first-order chi connectivity index (χ1) is 14.2. The van der Waals surface area contributed by atoms with E-state index in [1.807, 2.05) is 0 Å². The number of alkyl halides is 1. The summed E-state index contributed by atoms with van der Waals surface area (Å²) in [5, 5.41) is 10.6. The van der Waals surface area contributed by atoms with E-state index in [9.17, 15) is 24.1 Å². The summed E-state index contributed by atoms with van der Waals surface area (Å²) in [4.78, 5) is 45.9. The number of carbonyl (C=O) groups is 2. The van der Waals surface area contributed by atoms with E-state index in [-0.39, 0.29) is 28.9 Å². The topological polar surface area (TPSA) is 163 Å². The van der Waals surface area contributed by atoms with Crippen molar-refractivity contribution >= 4 is 56.8 Å². The van der Waals surface area contributed by atoms with Crippen LogP contribution in [0.2, 0.25) is 0 Å². The summed E-state index contributed by atoms with van der Waals surface area (Å²) in [5.41, 5.74) is -0.125. The van der Waals surface area contributed by atoms with Crippen LogP contribution in [0.15, 0.2) is 11.1 Å². The highest BCUT2D eigenvalue weighted by molar-refractivity contribution is 9.09. The highest BCUT2D eigenvalue weighted by atomic mass is 79.9. The van der Waals surface area contributed by atoms with Crippen LogP contribution >= 0.6 is 34.1 Å². The molecule has 2 aliphatic heterocycles. The van der Waals surface area contributed by atoms with Crippen molar-refractivity contribution in [2.45, 2.75) is 31.5 Å². The number of rotatable bonds is 6. The number of aromatic nitrogens is 4. The van der Waals surface area contributed by atoms with Crippen LogP contribution in [0.25, 0.3) is 11.2 Å². The lowest BCUT2D eigenvalue weighted by molar-refractivity contribution is -0.133. The molecule has 0 radical (unpaired) electrons. The van der Waals surface area contributed by atoms with Gasteiger partial charge in [-0.1, -0.05) is 15.9 Å². The van der Waals surface area contributed by atoms with Gasteiger partial charge in [-0.2, -0.15) is 0 Å². The minimum Gasteiger partial charge on any atom is -0.386 e. The molecule has 0 amide bonds. The van der Waals surface area contributed by atoms with Crippen molar-refractivity contribution in [3.05, 3.63) is 22.5 Å². The van der Waals surface area contributed by atoms with Gasteiger partial charge in [0.15, 0.2) is 17.4 Å². The van der Waals surface area contributed by atoms with Gasteiger partial charge in [-0.15, -0.1) is 0 Å². The number of nitrogens with one attached hydrogen (secondary N) is 1. The zero-order valence-corrected chi connectivity index (χ0v) is 18.7. The van der Waals surface area contributed by atoms with Gasteiger partial charge in [0.05, 0.1) is 24.0 Å². The molecule has 3 unspecified atom stereocenters. The van der Waals surface area contributed by atoms with Gasteiger partial charge >= 0.3 is 6.80 Å². The lowest BCUT2D eigenvalue weighted by atomic mass is 10.1. The summed E-state index contributed by atoms with van der Waals surface area (Å²) in [6, 6.07) is 0. The van der Waals surface area contributed by atoms with E-state index in [0.717, 1.165) is 0 Å². The molecule has 2 aliphatic rings. The van der Waals surface area contributed by atoms with Gasteiger partial charge in [0.25, 0.3) is 5.56 Å². The van der Waals surface area contributed by atoms with E-state index >= 15 is 0 Å². The molecule has 2 aromatic rings. The monoisotopic (exact) mass is 522 g/mol. The number of Topliss-reactive ketones (excluding diaryl/α,β-unsaturated/α-hetero) is 2. The molecule has 15 heteroatoms. The molecule has 0 aliphatic carbocycles. The zero-order chi connectivity index (χ0) is 21.6. The zero-order valence-electron chi connectivity index (χ0n) is 15.4. The second-order valence-electron chi connectivity index (χ2n) is 6.60. The van der Waals surface area contributed by atoms with Crippen molar-refractivity contribution in [3.63, 3.8) is 0 Å². The second-order valence-corrected chi connectivity index (χ2v) is 11.2. The Morgan fingerprint density at radius 3 is 2.97 bits per heavy atom. The first-order valence-electron chi connectivity index (χ1n) is 8.69. The summed E-state index contributed by atoms with van der Waals surface area (Å²) in [6.45, 7) is -2.34. The average molecular weight is 523 g/mol. The largest absolute Gasteiger partial charge is 0.390 e. The summed E-state index contributed by atoms with van der Waals surface area (Å²) in [5.74, 6) is -1.39. The Bertz CT molecular complexity index is 1120. The van der Waals surface area contributed by atoms with E-state index in [2.05, 4.69) is 30.9 Å². The van der Waals surface area contributed by atoms with Crippen molar-refractivity contribution < 1.29 is 33.0 Å². The molecular weight excluding hydrogens is 507 g/mol. The number of fused-ring (bicyclic) bond motifs is 2. The highest BCUT2D eigenvalue weighted by Gasteiger charge is 2.53. The molecule has 0 bridgehead atoms. The van der Waals surface area contributed by atoms with Gasteiger partial charge in [0.1, 0.15) is 24.1 Å². The maximum Gasteiger partial charge on any atom is 0.390 e. The first kappa shape index (κ1) is 21.8. The molecule has 162 valence electrons. The molecular formula is C15H16BrN4O8PS. The van der Waals surface area contributed by atoms with Crippen LogP contribution in [-0.4, -0.2) is 72.2 Å². The molecule has 4 heterocycles. The van der Waals surface area contributed by atoms with Gasteiger partial charge in [-0.05, 0) is 18.3 Å². The van der Waals surface area contributed by atoms with Crippen molar-refractivity contribution in [3.8, 4) is 0 Å². The molecule has 0 saturated carbocycles. The summed E-state index contributed by atoms with van der Waals surface area (Å²) >= 11 is 3.48. The van der Waals surface area contributed by atoms with Gasteiger partial charge < -0.3 is 14.8 Å². The summed E-state index contributed by atoms with van der Waals surface area (Å²) in [6.07, 6.45) is -2.71. The maximum absolute atomic E-state index is 12.8. The van der Waals surface area contributed by atoms with E-state index in [0.29, 0.717) is 17.2 Å². The Balaban J connectivity index is 1.53. The molecule has 2 saturated heterocycles. The standard InChI is InChI=1S/C15H16BrN4O8PS/c1-6-18-13-10(14(24)19-6)17-5-20(13)15-11(23)12-9(27-15)3-26-29(25,28-12)30-4-8(22)7(21)2-16/h5,9,11-12,15,23H,2-4H2,1H3,(H,18,19,24)/t9-,11?,12?,15-,29?/m1/s1. The Morgan fingerprint density at radius 2 is 2.23 bits per heavy atom. The van der Waals surface area contributed by atoms with Crippen LogP contribution in [0.3, 0.4) is 0 Å². The molecule has 30 heavy (non-hydrogen) atoms. The van der Waals surface area contributed by atoms with Gasteiger partial charge in [-0.25, -0.2) is 14.5 Å². The molecule has 2 N–H and O–H groups in total. The molecule has 2 aromatic heterocycles. The number of halogens is 1. The molecule has 4 rings (SSSR count). The van der Waals surface area contributed by atoms with Crippen LogP contribution in [0.5, 0.6) is 0 Å². The predicted molar refractivity (Wildman–Crippen MR) is 108 cm³/mol. The Hall–Kier alpha value is -1.41. The smallest absolute Gasteiger partial charge is 0.386 e. The minimum absolute atomic E-state index is 0.0830. The summed E-state index contributed by atoms with van der Waals surface area (Å²) in [7, 11) is 0. The SMILES string of the molecule is Cc1nc2c(ncn2[C@@H]2O[C@@H]3COP(=O)(SCC(=O)C(=O)CBr)OC3C2O)c(=O)[nH]1. The fourth-order valence-electron chi connectivity index (χ4n) is 3.14.